The lowest BCUT2D eigenvalue weighted by Gasteiger charge is -2.34. The highest BCUT2D eigenvalue weighted by molar-refractivity contribution is 14.1. The highest BCUT2D eigenvalue weighted by Crippen LogP contribution is 2.22. The van der Waals surface area contributed by atoms with Crippen LogP contribution < -0.4 is 0 Å². The van der Waals surface area contributed by atoms with Crippen molar-refractivity contribution >= 4 is 44.4 Å². The molecule has 17 heavy (non-hydrogen) atoms. The lowest BCUT2D eigenvalue weighted by atomic mass is 10.0. The molecule has 0 saturated heterocycles. The van der Waals surface area contributed by atoms with E-state index in [0.29, 0.717) is 5.56 Å². The number of hydrogen-bond acceptors (Lipinski definition) is 2. The average molecular weight is 412 g/mol. The lowest BCUT2D eigenvalue weighted by molar-refractivity contribution is 0.0472. The molecule has 0 bridgehead atoms. The number of hydrogen-bond donors (Lipinski definition) is 1. The Morgan fingerprint density at radius 2 is 2.12 bits per heavy atom. The van der Waals surface area contributed by atoms with Crippen molar-refractivity contribution in [3.05, 3.63) is 31.8 Å². The van der Waals surface area contributed by atoms with Crippen LogP contribution in [0.5, 0.6) is 0 Å². The van der Waals surface area contributed by atoms with Crippen LogP contribution in [0.15, 0.2) is 22.7 Å². The van der Waals surface area contributed by atoms with Crippen molar-refractivity contribution in [3.8, 4) is 0 Å². The molecule has 0 unspecified atom stereocenters. The molecule has 5 heteroatoms. The number of aliphatic hydroxyl groups is 1. The lowest BCUT2D eigenvalue weighted by Crippen LogP contribution is -2.47. The minimum Gasteiger partial charge on any atom is -0.394 e. The summed E-state index contributed by atoms with van der Waals surface area (Å²) in [4.78, 5) is 13.9. The maximum atomic E-state index is 12.3. The third-order valence-corrected chi connectivity index (χ3v) is 4.19. The van der Waals surface area contributed by atoms with Gasteiger partial charge in [-0.1, -0.05) is 15.9 Å². The summed E-state index contributed by atoms with van der Waals surface area (Å²) < 4.78 is 1.77. The van der Waals surface area contributed by atoms with E-state index in [-0.39, 0.29) is 12.5 Å². The normalized spacial score (nSPS) is 11.4. The van der Waals surface area contributed by atoms with E-state index in [4.69, 9.17) is 0 Å². The summed E-state index contributed by atoms with van der Waals surface area (Å²) in [6.45, 7) is 3.59. The summed E-state index contributed by atoms with van der Waals surface area (Å²) in [6, 6.07) is 5.58. The first-order chi connectivity index (χ1) is 7.79. The molecule has 0 aromatic heterocycles. The largest absolute Gasteiger partial charge is 0.394 e. The number of carbonyl (C=O) groups excluding carboxylic acids is 1. The number of rotatable bonds is 3. The Bertz CT molecular complexity index is 435. The fraction of sp³-hybridized carbons (Fsp3) is 0.417. The molecule has 1 rings (SSSR count). The molecular weight excluding hydrogens is 397 g/mol. The maximum Gasteiger partial charge on any atom is 0.255 e. The van der Waals surface area contributed by atoms with Crippen LogP contribution in [0, 0.1) is 3.57 Å². The predicted octanol–water partition coefficient (Wildman–Crippen LogP) is 2.90. The number of halogens is 2. The molecular formula is C12H15BrINO2. The quantitative estimate of drug-likeness (QED) is 0.777. The first-order valence-electron chi connectivity index (χ1n) is 5.13. The van der Waals surface area contributed by atoms with Crippen molar-refractivity contribution in [2.24, 2.45) is 0 Å². The Labute approximate surface area is 123 Å². The number of likely N-dealkylation sites (N-methyl/N-ethyl adjacent to an activating group) is 1. The molecule has 0 aliphatic carbocycles. The summed E-state index contributed by atoms with van der Waals surface area (Å²) in [5.41, 5.74) is 0.0756. The van der Waals surface area contributed by atoms with Gasteiger partial charge in [-0.3, -0.25) is 4.79 Å². The van der Waals surface area contributed by atoms with Gasteiger partial charge in [0, 0.05) is 15.1 Å². The molecule has 0 fully saturated rings. The van der Waals surface area contributed by atoms with Crippen LogP contribution in [0.2, 0.25) is 0 Å². The number of nitrogens with zero attached hydrogens (tertiary/aromatic N) is 1. The summed E-state index contributed by atoms with van der Waals surface area (Å²) in [5.74, 6) is -0.0882. The van der Waals surface area contributed by atoms with Gasteiger partial charge in [0.15, 0.2) is 0 Å². The average Bonchev–Trinajstić information content (AvgIpc) is 2.30. The molecule has 3 nitrogen and oxygen atoms in total. The summed E-state index contributed by atoms with van der Waals surface area (Å²) in [6.07, 6.45) is 0. The van der Waals surface area contributed by atoms with Crippen LogP contribution in [-0.2, 0) is 0 Å². The van der Waals surface area contributed by atoms with Crippen molar-refractivity contribution < 1.29 is 9.90 Å². The van der Waals surface area contributed by atoms with Crippen LogP contribution in [0.1, 0.15) is 24.2 Å². The van der Waals surface area contributed by atoms with Gasteiger partial charge in [-0.2, -0.15) is 0 Å². The van der Waals surface area contributed by atoms with Crippen molar-refractivity contribution in [2.75, 3.05) is 13.7 Å². The van der Waals surface area contributed by atoms with Gasteiger partial charge >= 0.3 is 0 Å². The first-order valence-corrected chi connectivity index (χ1v) is 7.01. The zero-order valence-electron chi connectivity index (χ0n) is 10.00. The molecule has 1 aromatic carbocycles. The van der Waals surface area contributed by atoms with Gasteiger partial charge in [-0.15, -0.1) is 0 Å². The smallest absolute Gasteiger partial charge is 0.255 e. The summed E-state index contributed by atoms with van der Waals surface area (Å²) >= 11 is 5.49. The van der Waals surface area contributed by atoms with Crippen LogP contribution in [0.3, 0.4) is 0 Å². The van der Waals surface area contributed by atoms with Gasteiger partial charge in [-0.05, 0) is 54.6 Å². The molecule has 1 amide bonds. The van der Waals surface area contributed by atoms with Crippen molar-refractivity contribution in [1.82, 2.24) is 4.90 Å². The van der Waals surface area contributed by atoms with E-state index >= 15 is 0 Å². The number of aliphatic hydroxyl groups excluding tert-OH is 1. The Hall–Kier alpha value is -0.140. The second kappa shape index (κ2) is 5.67. The molecule has 0 aliphatic heterocycles. The monoisotopic (exact) mass is 411 g/mol. The summed E-state index contributed by atoms with van der Waals surface area (Å²) in [7, 11) is 1.70. The van der Waals surface area contributed by atoms with E-state index in [0.717, 1.165) is 8.04 Å². The predicted molar refractivity (Wildman–Crippen MR) is 80.1 cm³/mol. The molecule has 0 aliphatic rings. The fourth-order valence-corrected chi connectivity index (χ4v) is 2.15. The van der Waals surface area contributed by atoms with Crippen LogP contribution >= 0.6 is 38.5 Å². The topological polar surface area (TPSA) is 40.5 Å². The van der Waals surface area contributed by atoms with E-state index in [1.807, 2.05) is 26.0 Å². The number of amides is 1. The first kappa shape index (κ1) is 14.9. The Balaban J connectivity index is 3.08. The standard InChI is InChI=1S/C12H15BrINO2/c1-12(2,7-16)15(3)11(17)9-6-8(13)4-5-10(9)14/h4-6,16H,7H2,1-3H3. The van der Waals surface area contributed by atoms with Gasteiger partial charge in [-0.25, -0.2) is 0 Å². The number of carbonyl (C=O) groups is 1. The molecule has 0 saturated carbocycles. The minimum atomic E-state index is -0.567. The highest BCUT2D eigenvalue weighted by atomic mass is 127. The van der Waals surface area contributed by atoms with E-state index in [1.54, 1.807) is 18.0 Å². The second-order valence-corrected chi connectivity index (χ2v) is 6.54. The second-order valence-electron chi connectivity index (χ2n) is 4.46. The van der Waals surface area contributed by atoms with Crippen LogP contribution in [0.4, 0.5) is 0 Å². The molecule has 0 spiro atoms. The van der Waals surface area contributed by atoms with Gasteiger partial charge < -0.3 is 10.0 Å². The van der Waals surface area contributed by atoms with E-state index in [1.165, 1.54) is 0 Å². The van der Waals surface area contributed by atoms with Crippen LogP contribution in [0.25, 0.3) is 0 Å². The van der Waals surface area contributed by atoms with Gasteiger partial charge in [0.25, 0.3) is 5.91 Å². The zero-order valence-corrected chi connectivity index (χ0v) is 13.7. The molecule has 0 radical (unpaired) electrons. The van der Waals surface area contributed by atoms with E-state index in [9.17, 15) is 9.90 Å². The highest BCUT2D eigenvalue weighted by Gasteiger charge is 2.28. The van der Waals surface area contributed by atoms with Crippen molar-refractivity contribution in [1.29, 1.82) is 0 Å². The minimum absolute atomic E-state index is 0.0696. The fourth-order valence-electron chi connectivity index (χ4n) is 1.22. The third kappa shape index (κ3) is 3.42. The Morgan fingerprint density at radius 1 is 1.53 bits per heavy atom. The van der Waals surface area contributed by atoms with Gasteiger partial charge in [0.1, 0.15) is 0 Å². The zero-order chi connectivity index (χ0) is 13.2. The van der Waals surface area contributed by atoms with E-state index < -0.39 is 5.54 Å². The van der Waals surface area contributed by atoms with Crippen LogP contribution in [-0.4, -0.2) is 35.1 Å². The molecule has 94 valence electrons. The van der Waals surface area contributed by atoms with E-state index in [2.05, 4.69) is 38.5 Å². The summed E-state index contributed by atoms with van der Waals surface area (Å²) in [5, 5.41) is 9.28. The number of benzene rings is 1. The molecule has 0 heterocycles. The SMILES string of the molecule is CN(C(=O)c1cc(Br)ccc1I)C(C)(C)CO. The third-order valence-electron chi connectivity index (χ3n) is 2.76. The molecule has 1 aromatic rings. The molecule has 1 N–H and O–H groups in total. The van der Waals surface area contributed by atoms with Crippen molar-refractivity contribution in [3.63, 3.8) is 0 Å². The maximum absolute atomic E-state index is 12.3. The van der Waals surface area contributed by atoms with Crippen molar-refractivity contribution in [2.45, 2.75) is 19.4 Å². The Kier molecular flexibility index (Phi) is 4.97. The van der Waals surface area contributed by atoms with Gasteiger partial charge in [0.2, 0.25) is 0 Å². The van der Waals surface area contributed by atoms with Gasteiger partial charge in [0.05, 0.1) is 17.7 Å². The molecule has 0 atom stereocenters. The Morgan fingerprint density at radius 3 is 2.65 bits per heavy atom.